The smallest absolute Gasteiger partial charge is 0.295 e. The van der Waals surface area contributed by atoms with E-state index in [1.54, 1.807) is 50.7 Å². The van der Waals surface area contributed by atoms with Crippen molar-refractivity contribution in [3.63, 3.8) is 0 Å². The Kier molecular flexibility index (Phi) is 9.37. The molecule has 0 radical (unpaired) electrons. The number of ether oxygens (including phenoxy) is 2. The van der Waals surface area contributed by atoms with Crippen molar-refractivity contribution in [1.82, 2.24) is 9.97 Å². The molecule has 212 valence electrons. The molecule has 0 spiro atoms. The molecule has 0 amide bonds. The molecule has 14 heteroatoms. The van der Waals surface area contributed by atoms with Crippen LogP contribution in [0.1, 0.15) is 18.1 Å². The maximum absolute atomic E-state index is 13.0. The predicted octanol–water partition coefficient (Wildman–Crippen LogP) is 5.33. The van der Waals surface area contributed by atoms with Crippen molar-refractivity contribution in [2.75, 3.05) is 24.4 Å². The summed E-state index contributed by atoms with van der Waals surface area (Å²) in [6.45, 7) is 1.74. The average Bonchev–Trinajstić information content (AvgIpc) is 2.99. The predicted molar refractivity (Wildman–Crippen MR) is 157 cm³/mol. The number of nitro groups is 1. The van der Waals surface area contributed by atoms with Crippen LogP contribution in [0.2, 0.25) is 0 Å². The van der Waals surface area contributed by atoms with Gasteiger partial charge in [0.1, 0.15) is 17.2 Å². The molecular weight excluding hydrogens is 568 g/mol. The summed E-state index contributed by atoms with van der Waals surface area (Å²) in [6.07, 6.45) is 3.34. The summed E-state index contributed by atoms with van der Waals surface area (Å²) < 4.78 is 39.0. The van der Waals surface area contributed by atoms with Crippen molar-refractivity contribution < 1.29 is 22.8 Å². The highest BCUT2D eigenvalue weighted by Gasteiger charge is 2.22. The molecule has 2 N–H and O–H groups in total. The fourth-order valence-electron chi connectivity index (χ4n) is 3.68. The third kappa shape index (κ3) is 7.29. The second-order valence-corrected chi connectivity index (χ2v) is 11.0. The van der Waals surface area contributed by atoms with Gasteiger partial charge in [0.05, 0.1) is 35.4 Å². The third-order valence-corrected chi connectivity index (χ3v) is 8.06. The Morgan fingerprint density at radius 2 is 1.71 bits per heavy atom. The van der Waals surface area contributed by atoms with Gasteiger partial charge in [-0.2, -0.15) is 5.10 Å². The SMILES string of the molecule is COc1ccc(C(C)=NNc2ccc(S(=O)(=O)Nc3ccccc3OC)cc2[N+](=O)[O-])cc1CSc1ncccn1. The number of nitrogens with one attached hydrogen (secondary N) is 2. The third-order valence-electron chi connectivity index (χ3n) is 5.77. The van der Waals surface area contributed by atoms with Gasteiger partial charge in [-0.25, -0.2) is 18.4 Å². The van der Waals surface area contributed by atoms with E-state index >= 15 is 0 Å². The quantitative estimate of drug-likeness (QED) is 0.0722. The number of methoxy groups -OCH3 is 2. The zero-order chi connectivity index (χ0) is 29.4. The van der Waals surface area contributed by atoms with Crippen molar-refractivity contribution >= 4 is 44.6 Å². The Hall–Kier alpha value is -4.69. The average molecular weight is 595 g/mol. The first-order valence-corrected chi connectivity index (χ1v) is 14.5. The van der Waals surface area contributed by atoms with E-state index in [4.69, 9.17) is 9.47 Å². The minimum absolute atomic E-state index is 0.0242. The number of sulfonamides is 1. The highest BCUT2D eigenvalue weighted by molar-refractivity contribution is 7.98. The van der Waals surface area contributed by atoms with Crippen LogP contribution in [0.25, 0.3) is 0 Å². The summed E-state index contributed by atoms with van der Waals surface area (Å²) in [4.78, 5) is 19.3. The Bertz CT molecular complexity index is 1680. The van der Waals surface area contributed by atoms with Crippen LogP contribution < -0.4 is 19.6 Å². The number of nitrogens with zero attached hydrogens (tertiary/aromatic N) is 4. The summed E-state index contributed by atoms with van der Waals surface area (Å²) in [6, 6.07) is 17.2. The summed E-state index contributed by atoms with van der Waals surface area (Å²) in [5, 5.41) is 16.8. The Morgan fingerprint density at radius 1 is 0.976 bits per heavy atom. The number of thioether (sulfide) groups is 1. The normalized spacial score (nSPS) is 11.5. The number of benzene rings is 3. The van der Waals surface area contributed by atoms with Gasteiger partial charge in [0.2, 0.25) is 0 Å². The number of hydrazone groups is 1. The van der Waals surface area contributed by atoms with Crippen molar-refractivity contribution in [3.05, 3.63) is 100 Å². The Morgan fingerprint density at radius 3 is 2.41 bits per heavy atom. The number of hydrogen-bond donors (Lipinski definition) is 2. The molecule has 0 saturated heterocycles. The van der Waals surface area contributed by atoms with E-state index in [9.17, 15) is 18.5 Å². The van der Waals surface area contributed by atoms with E-state index in [0.717, 1.165) is 17.2 Å². The zero-order valence-electron chi connectivity index (χ0n) is 22.3. The van der Waals surface area contributed by atoms with E-state index in [1.165, 1.54) is 37.1 Å². The minimum Gasteiger partial charge on any atom is -0.496 e. The largest absolute Gasteiger partial charge is 0.496 e. The fraction of sp³-hybridized carbons (Fsp3) is 0.148. The van der Waals surface area contributed by atoms with Crippen molar-refractivity contribution in [3.8, 4) is 11.5 Å². The van der Waals surface area contributed by atoms with E-state index in [1.807, 2.05) is 18.2 Å². The number of para-hydroxylation sites is 2. The van der Waals surface area contributed by atoms with Gasteiger partial charge in [-0.15, -0.1) is 0 Å². The molecule has 4 aromatic rings. The molecule has 0 saturated carbocycles. The van der Waals surface area contributed by atoms with Crippen LogP contribution in [0.3, 0.4) is 0 Å². The van der Waals surface area contributed by atoms with Crippen LogP contribution in [-0.2, 0) is 15.8 Å². The van der Waals surface area contributed by atoms with Crippen LogP contribution in [0.15, 0.2) is 94.3 Å². The number of rotatable bonds is 12. The number of nitro benzene ring substituents is 1. The topological polar surface area (TPSA) is 158 Å². The highest BCUT2D eigenvalue weighted by atomic mass is 32.2. The van der Waals surface area contributed by atoms with E-state index in [0.29, 0.717) is 28.1 Å². The zero-order valence-corrected chi connectivity index (χ0v) is 23.9. The summed E-state index contributed by atoms with van der Waals surface area (Å²) in [5.74, 6) is 1.54. The lowest BCUT2D eigenvalue weighted by Crippen LogP contribution is -2.14. The first-order valence-electron chi connectivity index (χ1n) is 12.0. The van der Waals surface area contributed by atoms with Crippen LogP contribution in [0.4, 0.5) is 17.1 Å². The lowest BCUT2D eigenvalue weighted by Gasteiger charge is -2.12. The van der Waals surface area contributed by atoms with E-state index in [-0.39, 0.29) is 16.3 Å². The van der Waals surface area contributed by atoms with Crippen LogP contribution in [0.5, 0.6) is 11.5 Å². The van der Waals surface area contributed by atoms with Gasteiger partial charge in [-0.3, -0.25) is 20.3 Å². The van der Waals surface area contributed by atoms with Gasteiger partial charge in [0.25, 0.3) is 15.7 Å². The van der Waals surface area contributed by atoms with Gasteiger partial charge in [0, 0.05) is 29.8 Å². The molecule has 0 aliphatic carbocycles. The van der Waals surface area contributed by atoms with Crippen LogP contribution in [0, 0.1) is 10.1 Å². The second kappa shape index (κ2) is 13.1. The number of aromatic nitrogens is 2. The van der Waals surface area contributed by atoms with Crippen LogP contribution >= 0.6 is 11.8 Å². The lowest BCUT2D eigenvalue weighted by atomic mass is 10.1. The molecular formula is C27H26N6O6S2. The second-order valence-electron chi connectivity index (χ2n) is 8.40. The Labute approximate surface area is 241 Å². The molecule has 41 heavy (non-hydrogen) atoms. The van der Waals surface area contributed by atoms with Crippen molar-refractivity contribution in [1.29, 1.82) is 0 Å². The maximum Gasteiger partial charge on any atom is 0.295 e. The van der Waals surface area contributed by atoms with Gasteiger partial charge >= 0.3 is 0 Å². The molecule has 0 aliphatic rings. The van der Waals surface area contributed by atoms with E-state index < -0.39 is 20.6 Å². The summed E-state index contributed by atoms with van der Waals surface area (Å²) in [5.41, 5.74) is 4.65. The first kappa shape index (κ1) is 29.3. The fourth-order valence-corrected chi connectivity index (χ4v) is 5.56. The van der Waals surface area contributed by atoms with Gasteiger partial charge in [-0.05, 0) is 61.0 Å². The molecule has 4 rings (SSSR count). The molecule has 0 aliphatic heterocycles. The molecule has 0 atom stereocenters. The highest BCUT2D eigenvalue weighted by Crippen LogP contribution is 2.31. The summed E-state index contributed by atoms with van der Waals surface area (Å²) >= 11 is 1.45. The number of anilines is 2. The Balaban J connectivity index is 1.55. The monoisotopic (exact) mass is 594 g/mol. The van der Waals surface area contributed by atoms with Crippen molar-refractivity contribution in [2.45, 2.75) is 22.7 Å². The maximum atomic E-state index is 13.0. The molecule has 1 heterocycles. The molecule has 0 unspecified atom stereocenters. The standard InChI is InChI=1S/C27H26N6O6S2/c1-18(19-9-12-25(38-2)20(15-19)17-40-27-28-13-6-14-29-27)30-31-22-11-10-21(16-24(22)33(34)35)41(36,37)32-23-7-4-5-8-26(23)39-3/h4-16,31-32H,17H2,1-3H3. The molecule has 12 nitrogen and oxygen atoms in total. The van der Waals surface area contributed by atoms with E-state index in [2.05, 4.69) is 25.2 Å². The van der Waals surface area contributed by atoms with Gasteiger partial charge in [-0.1, -0.05) is 23.9 Å². The van der Waals surface area contributed by atoms with Crippen LogP contribution in [-0.4, -0.2) is 43.2 Å². The molecule has 0 bridgehead atoms. The lowest BCUT2D eigenvalue weighted by molar-refractivity contribution is -0.384. The van der Waals surface area contributed by atoms with Gasteiger partial charge < -0.3 is 9.47 Å². The molecule has 3 aromatic carbocycles. The first-order chi connectivity index (χ1) is 19.7. The number of hydrogen-bond acceptors (Lipinski definition) is 11. The van der Waals surface area contributed by atoms with Crippen molar-refractivity contribution in [2.24, 2.45) is 5.10 Å². The minimum atomic E-state index is -4.15. The molecule has 0 fully saturated rings. The summed E-state index contributed by atoms with van der Waals surface area (Å²) in [7, 11) is -1.16. The molecule has 1 aromatic heterocycles. The van der Waals surface area contributed by atoms with Gasteiger partial charge in [0.15, 0.2) is 5.16 Å².